The fraction of sp³-hybridized carbons (Fsp3) is 0.294. The lowest BCUT2D eigenvalue weighted by molar-refractivity contribution is 0.520. The molecule has 1 unspecified atom stereocenters. The Labute approximate surface area is 129 Å². The van der Waals surface area contributed by atoms with Gasteiger partial charge in [-0.2, -0.15) is 0 Å². The largest absolute Gasteiger partial charge is 0.308 e. The van der Waals surface area contributed by atoms with Crippen LogP contribution in [0.1, 0.15) is 30.0 Å². The summed E-state index contributed by atoms with van der Waals surface area (Å²) < 4.78 is 0. The lowest BCUT2D eigenvalue weighted by atomic mass is 10.1. The van der Waals surface area contributed by atoms with Crippen LogP contribution in [-0.4, -0.2) is 16.5 Å². The molecule has 3 aromatic rings. The summed E-state index contributed by atoms with van der Waals surface area (Å²) in [6.07, 6.45) is 3.98. The van der Waals surface area contributed by atoms with E-state index in [4.69, 9.17) is 4.98 Å². The van der Waals surface area contributed by atoms with Crippen LogP contribution >= 0.6 is 11.3 Å². The van der Waals surface area contributed by atoms with E-state index in [0.29, 0.717) is 0 Å². The van der Waals surface area contributed by atoms with E-state index in [9.17, 15) is 0 Å². The fourth-order valence-corrected chi connectivity index (χ4v) is 3.12. The molecule has 1 N–H and O–H groups in total. The molecule has 0 amide bonds. The molecule has 0 aliphatic rings. The average molecular weight is 297 g/mol. The molecular formula is C17H19N3S. The number of aromatic nitrogens is 2. The number of thiophene rings is 1. The predicted molar refractivity (Wildman–Crippen MR) is 88.6 cm³/mol. The number of hydrogen-bond donors (Lipinski definition) is 1. The molecule has 0 aliphatic heterocycles. The van der Waals surface area contributed by atoms with Crippen molar-refractivity contribution in [1.29, 1.82) is 0 Å². The second-order valence-corrected chi connectivity index (χ2v) is 6.11. The van der Waals surface area contributed by atoms with Gasteiger partial charge in [-0.25, -0.2) is 4.98 Å². The van der Waals surface area contributed by atoms with E-state index < -0.39 is 0 Å². The molecule has 0 aliphatic carbocycles. The maximum Gasteiger partial charge on any atom is 0.0890 e. The van der Waals surface area contributed by atoms with Crippen LogP contribution in [0.2, 0.25) is 0 Å². The third-order valence-electron chi connectivity index (χ3n) is 3.45. The Morgan fingerprint density at radius 1 is 1.14 bits per heavy atom. The van der Waals surface area contributed by atoms with Crippen molar-refractivity contribution in [3.63, 3.8) is 0 Å². The molecule has 4 heteroatoms. The Kier molecular flexibility index (Phi) is 4.58. The summed E-state index contributed by atoms with van der Waals surface area (Å²) in [5, 5.41) is 5.72. The van der Waals surface area contributed by atoms with Gasteiger partial charge in [-0.15, -0.1) is 11.3 Å². The summed E-state index contributed by atoms with van der Waals surface area (Å²) in [7, 11) is 0. The summed E-state index contributed by atoms with van der Waals surface area (Å²) in [6.45, 7) is 3.17. The molecule has 1 atom stereocenters. The number of fused-ring (bicyclic) bond motifs is 1. The zero-order valence-electron chi connectivity index (χ0n) is 12.1. The van der Waals surface area contributed by atoms with Crippen LogP contribution in [0.5, 0.6) is 0 Å². The molecule has 2 aromatic heterocycles. The first-order chi connectivity index (χ1) is 10.4. The molecule has 21 heavy (non-hydrogen) atoms. The van der Waals surface area contributed by atoms with Crippen LogP contribution in [0.25, 0.3) is 11.0 Å². The lowest BCUT2D eigenvalue weighted by Gasteiger charge is -2.17. The van der Waals surface area contributed by atoms with E-state index >= 15 is 0 Å². The van der Waals surface area contributed by atoms with Gasteiger partial charge in [0.1, 0.15) is 0 Å². The Morgan fingerprint density at radius 3 is 2.76 bits per heavy atom. The molecule has 0 saturated carbocycles. The average Bonchev–Trinajstić information content (AvgIpc) is 3.04. The molecule has 0 saturated heterocycles. The van der Waals surface area contributed by atoms with Gasteiger partial charge in [-0.05, 0) is 36.5 Å². The van der Waals surface area contributed by atoms with Crippen LogP contribution in [-0.2, 0) is 6.42 Å². The summed E-state index contributed by atoms with van der Waals surface area (Å²) in [4.78, 5) is 10.7. The molecular weight excluding hydrogens is 278 g/mol. The van der Waals surface area contributed by atoms with E-state index in [1.54, 1.807) is 11.3 Å². The normalized spacial score (nSPS) is 12.6. The molecule has 3 rings (SSSR count). The summed E-state index contributed by atoms with van der Waals surface area (Å²) >= 11 is 1.79. The van der Waals surface area contributed by atoms with Crippen LogP contribution in [0, 0.1) is 0 Å². The molecule has 108 valence electrons. The maximum absolute atomic E-state index is 4.79. The minimum atomic E-state index is 0.223. The Hall–Kier alpha value is -1.78. The number of nitrogens with one attached hydrogen (secondary N) is 1. The van der Waals surface area contributed by atoms with Crippen molar-refractivity contribution in [2.24, 2.45) is 0 Å². The number of hydrogen-bond acceptors (Lipinski definition) is 4. The molecule has 1 aromatic carbocycles. The third kappa shape index (κ3) is 3.46. The highest BCUT2D eigenvalue weighted by Gasteiger charge is 2.14. The van der Waals surface area contributed by atoms with Crippen molar-refractivity contribution in [2.75, 3.05) is 6.54 Å². The van der Waals surface area contributed by atoms with Crippen molar-refractivity contribution in [3.05, 3.63) is 58.5 Å². The van der Waals surface area contributed by atoms with Gasteiger partial charge < -0.3 is 5.32 Å². The second kappa shape index (κ2) is 6.78. The van der Waals surface area contributed by atoms with E-state index in [0.717, 1.165) is 36.1 Å². The molecule has 3 nitrogen and oxygen atoms in total. The number of nitrogens with zero attached hydrogens (tertiary/aromatic N) is 2. The Morgan fingerprint density at radius 2 is 2.00 bits per heavy atom. The zero-order chi connectivity index (χ0) is 14.5. The Bertz CT molecular complexity index is 694. The van der Waals surface area contributed by atoms with Gasteiger partial charge in [-0.3, -0.25) is 4.98 Å². The van der Waals surface area contributed by atoms with Gasteiger partial charge in [0.25, 0.3) is 0 Å². The lowest BCUT2D eigenvalue weighted by Crippen LogP contribution is -2.25. The summed E-state index contributed by atoms with van der Waals surface area (Å²) in [5.74, 6) is 0. The van der Waals surface area contributed by atoms with Gasteiger partial charge in [0.2, 0.25) is 0 Å². The second-order valence-electron chi connectivity index (χ2n) is 5.07. The zero-order valence-corrected chi connectivity index (χ0v) is 12.9. The van der Waals surface area contributed by atoms with Crippen molar-refractivity contribution in [3.8, 4) is 0 Å². The highest BCUT2D eigenvalue weighted by atomic mass is 32.1. The number of para-hydroxylation sites is 2. The standard InChI is InChI=1S/C17H19N3S/c1-2-9-18-16(11-13-6-5-10-21-13)17-12-19-14-7-3-4-8-15(14)20-17/h3-8,10,12,16,18H,2,9,11H2,1H3. The topological polar surface area (TPSA) is 37.8 Å². The molecule has 0 bridgehead atoms. The van der Waals surface area contributed by atoms with Gasteiger partial charge in [0.05, 0.1) is 29.0 Å². The molecule has 2 heterocycles. The van der Waals surface area contributed by atoms with Crippen LogP contribution in [0.15, 0.2) is 48.0 Å². The maximum atomic E-state index is 4.79. The minimum Gasteiger partial charge on any atom is -0.308 e. The van der Waals surface area contributed by atoms with E-state index in [1.807, 2.05) is 30.5 Å². The van der Waals surface area contributed by atoms with E-state index in [-0.39, 0.29) is 6.04 Å². The highest BCUT2D eigenvalue weighted by molar-refractivity contribution is 7.09. The van der Waals surface area contributed by atoms with Crippen molar-refractivity contribution >= 4 is 22.4 Å². The molecule has 0 spiro atoms. The number of rotatable bonds is 6. The summed E-state index contributed by atoms with van der Waals surface area (Å²) in [6, 6.07) is 12.5. The van der Waals surface area contributed by atoms with Crippen LogP contribution in [0.4, 0.5) is 0 Å². The monoisotopic (exact) mass is 297 g/mol. The van der Waals surface area contributed by atoms with Crippen molar-refractivity contribution in [1.82, 2.24) is 15.3 Å². The van der Waals surface area contributed by atoms with Gasteiger partial charge >= 0.3 is 0 Å². The third-order valence-corrected chi connectivity index (χ3v) is 4.35. The van der Waals surface area contributed by atoms with Crippen molar-refractivity contribution < 1.29 is 0 Å². The smallest absolute Gasteiger partial charge is 0.0890 e. The summed E-state index contributed by atoms with van der Waals surface area (Å²) in [5.41, 5.74) is 2.94. The first-order valence-corrected chi connectivity index (χ1v) is 8.22. The first-order valence-electron chi connectivity index (χ1n) is 7.34. The minimum absolute atomic E-state index is 0.223. The fourth-order valence-electron chi connectivity index (χ4n) is 2.37. The van der Waals surface area contributed by atoms with E-state index in [2.05, 4.69) is 34.7 Å². The highest BCUT2D eigenvalue weighted by Crippen LogP contribution is 2.21. The predicted octanol–water partition coefficient (Wildman–Crippen LogP) is 3.97. The van der Waals surface area contributed by atoms with Gasteiger partial charge in [0, 0.05) is 11.3 Å². The SMILES string of the molecule is CCCNC(Cc1cccs1)c1cnc2ccccc2n1. The Balaban J connectivity index is 1.89. The van der Waals surface area contributed by atoms with Crippen LogP contribution < -0.4 is 5.32 Å². The molecule has 0 radical (unpaired) electrons. The van der Waals surface area contributed by atoms with Gasteiger partial charge in [-0.1, -0.05) is 25.1 Å². The van der Waals surface area contributed by atoms with Crippen molar-refractivity contribution in [2.45, 2.75) is 25.8 Å². The molecule has 0 fully saturated rings. The quantitative estimate of drug-likeness (QED) is 0.748. The number of benzene rings is 1. The van der Waals surface area contributed by atoms with Crippen LogP contribution in [0.3, 0.4) is 0 Å². The van der Waals surface area contributed by atoms with Gasteiger partial charge in [0.15, 0.2) is 0 Å². The van der Waals surface area contributed by atoms with E-state index in [1.165, 1.54) is 4.88 Å². The first kappa shape index (κ1) is 14.2.